The normalized spacial score (nSPS) is 10.1. The van der Waals surface area contributed by atoms with E-state index in [2.05, 4.69) is 0 Å². The molecule has 2 aromatic rings. The van der Waals surface area contributed by atoms with Crippen LogP contribution >= 0.6 is 0 Å². The molecule has 0 saturated carbocycles. The number of aldehydes is 2. The Morgan fingerprint density at radius 3 is 1.47 bits per heavy atom. The van der Waals surface area contributed by atoms with Gasteiger partial charge in [-0.05, 0) is 24.3 Å². The second kappa shape index (κ2) is 11.4. The van der Waals surface area contributed by atoms with Crippen LogP contribution in [0.25, 0.3) is 0 Å². The topological polar surface area (TPSA) is 93.2 Å². The Balaban J connectivity index is 1.76. The van der Waals surface area contributed by atoms with Crippen molar-refractivity contribution in [1.82, 2.24) is 9.80 Å². The summed E-state index contributed by atoms with van der Waals surface area (Å²) in [4.78, 5) is 49.3. The number of carbonyl (C=O) groups excluding carboxylic acids is 4. The van der Waals surface area contributed by atoms with Crippen LogP contribution < -0.4 is 9.47 Å². The minimum atomic E-state index is -0.285. The van der Waals surface area contributed by atoms with Gasteiger partial charge in [-0.25, -0.2) is 0 Å². The maximum Gasteiger partial charge on any atom is 0.260 e. The molecule has 8 heteroatoms. The highest BCUT2D eigenvalue weighted by molar-refractivity contribution is 5.82. The summed E-state index contributed by atoms with van der Waals surface area (Å²) in [5, 5.41) is 0. The van der Waals surface area contributed by atoms with Gasteiger partial charge in [-0.1, -0.05) is 24.3 Å². The average Bonchev–Trinajstić information content (AvgIpc) is 2.79. The largest absolute Gasteiger partial charge is 0.483 e. The van der Waals surface area contributed by atoms with Crippen LogP contribution in [0.4, 0.5) is 0 Å². The van der Waals surface area contributed by atoms with Gasteiger partial charge < -0.3 is 19.3 Å². The minimum absolute atomic E-state index is 0.218. The molecule has 0 N–H and O–H groups in total. The molecule has 0 unspecified atom stereocenters. The summed E-state index contributed by atoms with van der Waals surface area (Å²) >= 11 is 0. The smallest absolute Gasteiger partial charge is 0.260 e. The Kier molecular flexibility index (Phi) is 8.56. The Bertz CT molecular complexity index is 825. The van der Waals surface area contributed by atoms with Crippen LogP contribution in [0.15, 0.2) is 48.5 Å². The highest BCUT2D eigenvalue weighted by Crippen LogP contribution is 2.16. The zero-order valence-electron chi connectivity index (χ0n) is 16.9. The van der Waals surface area contributed by atoms with Crippen LogP contribution in [0, 0.1) is 0 Å². The first kappa shape index (κ1) is 22.6. The van der Waals surface area contributed by atoms with Crippen LogP contribution in [-0.4, -0.2) is 74.6 Å². The number of hydrogen-bond acceptors (Lipinski definition) is 6. The predicted molar refractivity (Wildman–Crippen MR) is 110 cm³/mol. The lowest BCUT2D eigenvalue weighted by molar-refractivity contribution is -0.135. The standard InChI is InChI=1S/C22H24N2O6/c1-23(21(27)15-29-19-9-5-3-7-17(19)13-25)11-12-24(2)22(28)16-30-20-10-6-4-8-18(20)14-26/h3-10,13-14H,11-12,15-16H2,1-2H3. The molecule has 30 heavy (non-hydrogen) atoms. The van der Waals surface area contributed by atoms with E-state index in [4.69, 9.17) is 9.47 Å². The monoisotopic (exact) mass is 412 g/mol. The Hall–Kier alpha value is -3.68. The molecule has 0 saturated heterocycles. The molecular formula is C22H24N2O6. The fourth-order valence-corrected chi connectivity index (χ4v) is 2.47. The van der Waals surface area contributed by atoms with Gasteiger partial charge in [0.15, 0.2) is 25.8 Å². The van der Waals surface area contributed by atoms with E-state index >= 15 is 0 Å². The fraction of sp³-hybridized carbons (Fsp3) is 0.273. The van der Waals surface area contributed by atoms with Gasteiger partial charge in [-0.15, -0.1) is 0 Å². The lowest BCUT2D eigenvalue weighted by atomic mass is 10.2. The summed E-state index contributed by atoms with van der Waals surface area (Å²) in [6, 6.07) is 13.3. The van der Waals surface area contributed by atoms with E-state index in [0.29, 0.717) is 48.3 Å². The molecule has 0 aliphatic heterocycles. The number of likely N-dealkylation sites (N-methyl/N-ethyl adjacent to an activating group) is 2. The zero-order valence-corrected chi connectivity index (χ0v) is 16.9. The van der Waals surface area contributed by atoms with Crippen LogP contribution in [0.5, 0.6) is 11.5 Å². The van der Waals surface area contributed by atoms with Crippen molar-refractivity contribution in [2.75, 3.05) is 40.4 Å². The predicted octanol–water partition coefficient (Wildman–Crippen LogP) is 1.69. The zero-order chi connectivity index (χ0) is 21.9. The van der Waals surface area contributed by atoms with Gasteiger partial charge in [-0.3, -0.25) is 19.2 Å². The summed E-state index contributed by atoms with van der Waals surface area (Å²) in [7, 11) is 3.21. The molecule has 8 nitrogen and oxygen atoms in total. The lowest BCUT2D eigenvalue weighted by Gasteiger charge is -2.22. The molecule has 0 radical (unpaired) electrons. The molecule has 2 amide bonds. The fourth-order valence-electron chi connectivity index (χ4n) is 2.47. The molecule has 0 heterocycles. The van der Waals surface area contributed by atoms with Crippen LogP contribution in [0.3, 0.4) is 0 Å². The third kappa shape index (κ3) is 6.44. The maximum absolute atomic E-state index is 12.2. The van der Waals surface area contributed by atoms with Gasteiger partial charge in [0.25, 0.3) is 11.8 Å². The molecule has 0 aliphatic carbocycles. The Morgan fingerprint density at radius 2 is 1.10 bits per heavy atom. The summed E-state index contributed by atoms with van der Waals surface area (Å²) in [5.74, 6) is 0.115. The number of amides is 2. The molecule has 0 atom stereocenters. The van der Waals surface area contributed by atoms with Crippen molar-refractivity contribution in [2.24, 2.45) is 0 Å². The van der Waals surface area contributed by atoms with Crippen molar-refractivity contribution in [2.45, 2.75) is 0 Å². The van der Waals surface area contributed by atoms with E-state index in [1.165, 1.54) is 9.80 Å². The molecule has 0 bridgehead atoms. The SMILES string of the molecule is CN(CCN(C)C(=O)COc1ccccc1C=O)C(=O)COc1ccccc1C=O. The Labute approximate surface area is 175 Å². The highest BCUT2D eigenvalue weighted by atomic mass is 16.5. The molecule has 0 aliphatic rings. The van der Waals surface area contributed by atoms with E-state index < -0.39 is 0 Å². The van der Waals surface area contributed by atoms with Crippen LogP contribution in [0.2, 0.25) is 0 Å². The second-order valence-electron chi connectivity index (χ2n) is 6.52. The van der Waals surface area contributed by atoms with Gasteiger partial charge in [0, 0.05) is 27.2 Å². The summed E-state index contributed by atoms with van der Waals surface area (Å²) in [6.45, 7) is 0.157. The first-order valence-electron chi connectivity index (χ1n) is 9.28. The number of para-hydroxylation sites is 2. The number of benzene rings is 2. The van der Waals surface area contributed by atoms with Crippen LogP contribution in [0.1, 0.15) is 20.7 Å². The Morgan fingerprint density at radius 1 is 0.733 bits per heavy atom. The first-order valence-corrected chi connectivity index (χ1v) is 9.28. The number of nitrogens with zero attached hydrogens (tertiary/aromatic N) is 2. The molecular weight excluding hydrogens is 388 g/mol. The minimum Gasteiger partial charge on any atom is -0.483 e. The van der Waals surface area contributed by atoms with Crippen molar-refractivity contribution in [3.05, 3.63) is 59.7 Å². The summed E-state index contributed by atoms with van der Waals surface area (Å²) in [5.41, 5.74) is 0.740. The molecule has 0 aromatic heterocycles. The maximum atomic E-state index is 12.2. The molecule has 2 aromatic carbocycles. The van der Waals surface area contributed by atoms with Crippen molar-refractivity contribution < 1.29 is 28.7 Å². The molecule has 2 rings (SSSR count). The van der Waals surface area contributed by atoms with E-state index in [1.54, 1.807) is 62.6 Å². The number of ether oxygens (including phenoxy) is 2. The first-order chi connectivity index (χ1) is 14.5. The third-order valence-corrected chi connectivity index (χ3v) is 4.42. The molecule has 0 spiro atoms. The van der Waals surface area contributed by atoms with Gasteiger partial charge in [0.2, 0.25) is 0 Å². The van der Waals surface area contributed by atoms with Gasteiger partial charge in [0.1, 0.15) is 11.5 Å². The quantitative estimate of drug-likeness (QED) is 0.522. The van der Waals surface area contributed by atoms with Crippen molar-refractivity contribution >= 4 is 24.4 Å². The summed E-state index contributed by atoms with van der Waals surface area (Å²) in [6.07, 6.45) is 1.33. The highest BCUT2D eigenvalue weighted by Gasteiger charge is 2.15. The lowest BCUT2D eigenvalue weighted by Crippen LogP contribution is -2.40. The van der Waals surface area contributed by atoms with Gasteiger partial charge in [0.05, 0.1) is 11.1 Å². The van der Waals surface area contributed by atoms with Crippen molar-refractivity contribution in [3.63, 3.8) is 0 Å². The van der Waals surface area contributed by atoms with Crippen molar-refractivity contribution in [1.29, 1.82) is 0 Å². The number of hydrogen-bond donors (Lipinski definition) is 0. The van der Waals surface area contributed by atoms with Gasteiger partial charge in [-0.2, -0.15) is 0 Å². The average molecular weight is 412 g/mol. The van der Waals surface area contributed by atoms with Crippen LogP contribution in [-0.2, 0) is 9.59 Å². The van der Waals surface area contributed by atoms with E-state index in [1.807, 2.05) is 0 Å². The third-order valence-electron chi connectivity index (χ3n) is 4.42. The number of carbonyl (C=O) groups is 4. The molecule has 158 valence electrons. The molecule has 0 fully saturated rings. The van der Waals surface area contributed by atoms with E-state index in [0.717, 1.165) is 0 Å². The van der Waals surface area contributed by atoms with Crippen molar-refractivity contribution in [3.8, 4) is 11.5 Å². The van der Waals surface area contributed by atoms with Gasteiger partial charge >= 0.3 is 0 Å². The van der Waals surface area contributed by atoms with E-state index in [-0.39, 0.29) is 25.0 Å². The second-order valence-corrected chi connectivity index (χ2v) is 6.52. The summed E-state index contributed by atoms with van der Waals surface area (Å²) < 4.78 is 10.8. The number of rotatable bonds is 11. The van der Waals surface area contributed by atoms with E-state index in [9.17, 15) is 19.2 Å².